The third kappa shape index (κ3) is 3.05. The van der Waals surface area contributed by atoms with Crippen molar-refractivity contribution in [1.82, 2.24) is 9.78 Å². The van der Waals surface area contributed by atoms with Crippen LogP contribution in [0, 0.1) is 6.92 Å². The fraction of sp³-hybridized carbons (Fsp3) is 0.158. The monoisotopic (exact) mass is 340 g/mol. The highest BCUT2D eigenvalue weighted by atomic mass is 35.5. The van der Waals surface area contributed by atoms with Crippen LogP contribution < -0.4 is 4.74 Å². The standard InChI is InChI=1S/C19H17ClN2O2/c1-12-9-15(20)7-8-17(12)19-11-18(21-22(19)13(2)23)14-5-4-6-16(10-14)24-3/h4-11H,1-3H3. The van der Waals surface area contributed by atoms with Gasteiger partial charge in [0.1, 0.15) is 5.75 Å². The Balaban J connectivity index is 2.16. The van der Waals surface area contributed by atoms with E-state index < -0.39 is 0 Å². The summed E-state index contributed by atoms with van der Waals surface area (Å²) in [5.41, 5.74) is 4.27. The lowest BCUT2D eigenvalue weighted by Gasteiger charge is -2.07. The molecule has 4 nitrogen and oxygen atoms in total. The van der Waals surface area contributed by atoms with E-state index in [1.165, 1.54) is 11.6 Å². The second-order valence-corrected chi connectivity index (χ2v) is 5.97. The predicted octanol–water partition coefficient (Wildman–Crippen LogP) is 4.85. The van der Waals surface area contributed by atoms with E-state index in [-0.39, 0.29) is 5.91 Å². The number of halogens is 1. The molecule has 0 amide bonds. The number of aryl methyl sites for hydroxylation is 1. The van der Waals surface area contributed by atoms with Crippen molar-refractivity contribution in [3.63, 3.8) is 0 Å². The van der Waals surface area contributed by atoms with Crippen LogP contribution in [0.5, 0.6) is 5.75 Å². The molecule has 0 aliphatic heterocycles. The van der Waals surface area contributed by atoms with E-state index in [2.05, 4.69) is 5.10 Å². The SMILES string of the molecule is COc1cccc(-c2cc(-c3ccc(Cl)cc3C)n(C(C)=O)n2)c1. The lowest BCUT2D eigenvalue weighted by molar-refractivity contribution is 0.0923. The Morgan fingerprint density at radius 1 is 1.17 bits per heavy atom. The van der Waals surface area contributed by atoms with E-state index in [1.54, 1.807) is 7.11 Å². The molecule has 24 heavy (non-hydrogen) atoms. The summed E-state index contributed by atoms with van der Waals surface area (Å²) in [6.45, 7) is 3.46. The van der Waals surface area contributed by atoms with Crippen molar-refractivity contribution in [2.24, 2.45) is 0 Å². The van der Waals surface area contributed by atoms with Crippen LogP contribution in [-0.4, -0.2) is 22.8 Å². The van der Waals surface area contributed by atoms with Gasteiger partial charge >= 0.3 is 0 Å². The van der Waals surface area contributed by atoms with E-state index >= 15 is 0 Å². The molecule has 0 bridgehead atoms. The highest BCUT2D eigenvalue weighted by Crippen LogP contribution is 2.31. The summed E-state index contributed by atoms with van der Waals surface area (Å²) in [6, 6.07) is 15.1. The van der Waals surface area contributed by atoms with Gasteiger partial charge in [0, 0.05) is 23.1 Å². The van der Waals surface area contributed by atoms with Crippen LogP contribution in [0.15, 0.2) is 48.5 Å². The summed E-state index contributed by atoms with van der Waals surface area (Å²) in [7, 11) is 1.62. The Hall–Kier alpha value is -2.59. The first kappa shape index (κ1) is 16.3. The summed E-state index contributed by atoms with van der Waals surface area (Å²) < 4.78 is 6.68. The maximum atomic E-state index is 12.0. The number of ether oxygens (including phenoxy) is 1. The minimum atomic E-state index is -0.145. The Morgan fingerprint density at radius 2 is 1.96 bits per heavy atom. The fourth-order valence-electron chi connectivity index (χ4n) is 2.65. The van der Waals surface area contributed by atoms with Crippen LogP contribution in [-0.2, 0) is 0 Å². The molecule has 0 spiro atoms. The second kappa shape index (κ2) is 6.49. The van der Waals surface area contributed by atoms with Crippen molar-refractivity contribution in [1.29, 1.82) is 0 Å². The Kier molecular flexibility index (Phi) is 4.40. The smallest absolute Gasteiger partial charge is 0.244 e. The molecule has 0 fully saturated rings. The highest BCUT2D eigenvalue weighted by Gasteiger charge is 2.16. The number of nitrogens with zero attached hydrogens (tertiary/aromatic N) is 2. The molecule has 2 aromatic carbocycles. The van der Waals surface area contributed by atoms with Gasteiger partial charge in [-0.2, -0.15) is 9.78 Å². The molecule has 0 atom stereocenters. The van der Waals surface area contributed by atoms with Gasteiger partial charge in [0.05, 0.1) is 18.5 Å². The molecular formula is C19H17ClN2O2. The Bertz CT molecular complexity index is 915. The van der Waals surface area contributed by atoms with Gasteiger partial charge in [-0.1, -0.05) is 29.8 Å². The normalized spacial score (nSPS) is 10.7. The van der Waals surface area contributed by atoms with Crippen molar-refractivity contribution in [2.75, 3.05) is 7.11 Å². The minimum Gasteiger partial charge on any atom is -0.497 e. The maximum absolute atomic E-state index is 12.0. The second-order valence-electron chi connectivity index (χ2n) is 5.54. The van der Waals surface area contributed by atoms with E-state index in [0.717, 1.165) is 28.1 Å². The zero-order chi connectivity index (χ0) is 17.3. The van der Waals surface area contributed by atoms with Crippen LogP contribution in [0.1, 0.15) is 17.3 Å². The molecule has 0 aliphatic rings. The summed E-state index contributed by atoms with van der Waals surface area (Å²) in [5, 5.41) is 5.14. The molecule has 5 heteroatoms. The van der Waals surface area contributed by atoms with Crippen molar-refractivity contribution in [2.45, 2.75) is 13.8 Å². The molecule has 0 aliphatic carbocycles. The molecule has 3 rings (SSSR count). The Labute approximate surface area is 145 Å². The van der Waals surface area contributed by atoms with Crippen LogP contribution in [0.4, 0.5) is 0 Å². The van der Waals surface area contributed by atoms with Gasteiger partial charge in [-0.3, -0.25) is 4.79 Å². The van der Waals surface area contributed by atoms with Gasteiger partial charge in [-0.15, -0.1) is 0 Å². The number of methoxy groups -OCH3 is 1. The van der Waals surface area contributed by atoms with Gasteiger partial charge in [0.15, 0.2) is 0 Å². The lowest BCUT2D eigenvalue weighted by Crippen LogP contribution is -2.09. The largest absolute Gasteiger partial charge is 0.497 e. The predicted molar refractivity (Wildman–Crippen MR) is 95.7 cm³/mol. The minimum absolute atomic E-state index is 0.145. The molecule has 0 unspecified atom stereocenters. The third-order valence-electron chi connectivity index (χ3n) is 3.84. The summed E-state index contributed by atoms with van der Waals surface area (Å²) in [6.07, 6.45) is 0. The fourth-order valence-corrected chi connectivity index (χ4v) is 2.88. The van der Waals surface area contributed by atoms with Crippen LogP contribution in [0.3, 0.4) is 0 Å². The molecule has 3 aromatic rings. The molecule has 0 N–H and O–H groups in total. The van der Waals surface area contributed by atoms with E-state index in [0.29, 0.717) is 10.7 Å². The number of benzene rings is 2. The number of carbonyl (C=O) groups is 1. The average Bonchev–Trinajstić information content (AvgIpc) is 3.00. The first-order valence-electron chi connectivity index (χ1n) is 7.51. The lowest BCUT2D eigenvalue weighted by atomic mass is 10.0. The molecular weight excluding hydrogens is 324 g/mol. The van der Waals surface area contributed by atoms with Crippen molar-refractivity contribution in [3.8, 4) is 28.3 Å². The van der Waals surface area contributed by atoms with E-state index in [1.807, 2.05) is 55.5 Å². The number of carbonyl (C=O) groups excluding carboxylic acids is 1. The highest BCUT2D eigenvalue weighted by molar-refractivity contribution is 6.30. The Morgan fingerprint density at radius 3 is 2.62 bits per heavy atom. The van der Waals surface area contributed by atoms with Gasteiger partial charge < -0.3 is 4.74 Å². The van der Waals surface area contributed by atoms with Gasteiger partial charge in [-0.25, -0.2) is 0 Å². The molecule has 0 radical (unpaired) electrons. The van der Waals surface area contributed by atoms with Gasteiger partial charge in [-0.05, 0) is 42.8 Å². The number of hydrogen-bond acceptors (Lipinski definition) is 3. The maximum Gasteiger partial charge on any atom is 0.244 e. The first-order valence-corrected chi connectivity index (χ1v) is 7.89. The molecule has 1 heterocycles. The van der Waals surface area contributed by atoms with Crippen molar-refractivity contribution >= 4 is 17.5 Å². The number of hydrogen-bond donors (Lipinski definition) is 0. The van der Waals surface area contributed by atoms with Gasteiger partial charge in [0.25, 0.3) is 0 Å². The average molecular weight is 341 g/mol. The van der Waals surface area contributed by atoms with Crippen LogP contribution in [0.2, 0.25) is 5.02 Å². The van der Waals surface area contributed by atoms with Crippen LogP contribution in [0.25, 0.3) is 22.5 Å². The summed E-state index contributed by atoms with van der Waals surface area (Å²) in [4.78, 5) is 12.0. The van der Waals surface area contributed by atoms with E-state index in [4.69, 9.17) is 16.3 Å². The van der Waals surface area contributed by atoms with Gasteiger partial charge in [0.2, 0.25) is 5.91 Å². The third-order valence-corrected chi connectivity index (χ3v) is 4.07. The number of aromatic nitrogens is 2. The molecule has 0 saturated heterocycles. The number of rotatable bonds is 3. The molecule has 122 valence electrons. The van der Waals surface area contributed by atoms with Crippen LogP contribution >= 0.6 is 11.6 Å². The van der Waals surface area contributed by atoms with E-state index in [9.17, 15) is 4.79 Å². The first-order chi connectivity index (χ1) is 11.5. The quantitative estimate of drug-likeness (QED) is 0.684. The zero-order valence-electron chi connectivity index (χ0n) is 13.7. The molecule has 1 aromatic heterocycles. The zero-order valence-corrected chi connectivity index (χ0v) is 14.5. The molecule has 0 saturated carbocycles. The van der Waals surface area contributed by atoms with Crippen molar-refractivity contribution < 1.29 is 9.53 Å². The van der Waals surface area contributed by atoms with Crippen molar-refractivity contribution in [3.05, 3.63) is 59.1 Å². The topological polar surface area (TPSA) is 44.1 Å². The summed E-state index contributed by atoms with van der Waals surface area (Å²) in [5.74, 6) is 0.600. The summed E-state index contributed by atoms with van der Waals surface area (Å²) >= 11 is 6.04.